The minimum atomic E-state index is -0.358. The Balaban J connectivity index is 2.58. The number of H-pyrrole nitrogens is 2. The van der Waals surface area contributed by atoms with Crippen molar-refractivity contribution in [2.75, 3.05) is 0 Å². The Hall–Kier alpha value is -2.18. The molecule has 0 atom stereocenters. The molecule has 7 nitrogen and oxygen atoms in total. The van der Waals surface area contributed by atoms with Crippen LogP contribution in [0.1, 0.15) is 12.5 Å². The predicted molar refractivity (Wildman–Crippen MR) is 51.3 cm³/mol. The van der Waals surface area contributed by atoms with Gasteiger partial charge in [0.15, 0.2) is 5.82 Å². The van der Waals surface area contributed by atoms with E-state index in [1.165, 1.54) is 6.20 Å². The fraction of sp³-hybridized carbons (Fsp3) is 0.250. The van der Waals surface area contributed by atoms with Crippen molar-refractivity contribution in [1.82, 2.24) is 25.4 Å². The van der Waals surface area contributed by atoms with E-state index < -0.39 is 0 Å². The molecule has 2 aromatic heterocycles. The third-order valence-corrected chi connectivity index (χ3v) is 2.00. The average molecular weight is 207 g/mol. The number of nitrogens with zero attached hydrogens (tertiary/aromatic N) is 3. The molecule has 0 radical (unpaired) electrons. The van der Waals surface area contributed by atoms with Crippen molar-refractivity contribution in [1.29, 1.82) is 0 Å². The minimum Gasteiger partial charge on any atom is -0.493 e. The lowest BCUT2D eigenvalue weighted by Crippen LogP contribution is -2.14. The van der Waals surface area contributed by atoms with Gasteiger partial charge >= 0.3 is 0 Å². The molecule has 2 rings (SSSR count). The molecule has 0 unspecified atom stereocenters. The first-order valence-electron chi connectivity index (χ1n) is 4.40. The standard InChI is InChI=1S/C8H9N5O2/c1-2-4-7(14)10-6(11-8(4)15)5-3-9-13-12-5/h3H,2H2,1H3,(H,9,12,13)(H2,10,11,14,15). The smallest absolute Gasteiger partial charge is 0.258 e. The van der Waals surface area contributed by atoms with E-state index in [0.717, 1.165) is 0 Å². The molecule has 2 aromatic rings. The van der Waals surface area contributed by atoms with E-state index in [-0.39, 0.29) is 22.8 Å². The van der Waals surface area contributed by atoms with E-state index in [4.69, 9.17) is 0 Å². The maximum atomic E-state index is 11.5. The van der Waals surface area contributed by atoms with Crippen LogP contribution in [0.2, 0.25) is 0 Å². The molecule has 0 fully saturated rings. The van der Waals surface area contributed by atoms with Crippen molar-refractivity contribution in [3.8, 4) is 17.4 Å². The number of rotatable bonds is 2. The fourth-order valence-electron chi connectivity index (χ4n) is 1.24. The van der Waals surface area contributed by atoms with Gasteiger partial charge in [0, 0.05) is 0 Å². The molecule has 7 heteroatoms. The highest BCUT2D eigenvalue weighted by Gasteiger charge is 2.11. The van der Waals surface area contributed by atoms with E-state index in [0.29, 0.717) is 12.1 Å². The molecule has 15 heavy (non-hydrogen) atoms. The van der Waals surface area contributed by atoms with Crippen molar-refractivity contribution in [2.24, 2.45) is 0 Å². The maximum absolute atomic E-state index is 11.5. The summed E-state index contributed by atoms with van der Waals surface area (Å²) < 4.78 is 0. The average Bonchev–Trinajstić information content (AvgIpc) is 2.69. The molecule has 78 valence electrons. The van der Waals surface area contributed by atoms with Gasteiger partial charge in [0.1, 0.15) is 5.69 Å². The van der Waals surface area contributed by atoms with Crippen LogP contribution in [-0.4, -0.2) is 30.5 Å². The van der Waals surface area contributed by atoms with Crippen LogP contribution in [-0.2, 0) is 6.42 Å². The Morgan fingerprint density at radius 2 is 2.33 bits per heavy atom. The second kappa shape index (κ2) is 3.52. The summed E-state index contributed by atoms with van der Waals surface area (Å²) in [6.07, 6.45) is 1.83. The maximum Gasteiger partial charge on any atom is 0.258 e. The first-order chi connectivity index (χ1) is 7.22. The Bertz CT molecular complexity index is 516. The van der Waals surface area contributed by atoms with Crippen molar-refractivity contribution < 1.29 is 5.11 Å². The zero-order valence-electron chi connectivity index (χ0n) is 7.98. The summed E-state index contributed by atoms with van der Waals surface area (Å²) in [5, 5.41) is 19.2. The van der Waals surface area contributed by atoms with Crippen LogP contribution < -0.4 is 5.56 Å². The van der Waals surface area contributed by atoms with Gasteiger partial charge in [-0.15, -0.1) is 0 Å². The van der Waals surface area contributed by atoms with Crippen molar-refractivity contribution in [2.45, 2.75) is 13.3 Å². The molecule has 0 amide bonds. The van der Waals surface area contributed by atoms with E-state index in [1.54, 1.807) is 6.92 Å². The molecule has 2 heterocycles. The largest absolute Gasteiger partial charge is 0.493 e. The zero-order valence-corrected chi connectivity index (χ0v) is 7.98. The summed E-state index contributed by atoms with van der Waals surface area (Å²) >= 11 is 0. The second-order valence-corrected chi connectivity index (χ2v) is 2.93. The van der Waals surface area contributed by atoms with Gasteiger partial charge in [-0.3, -0.25) is 4.79 Å². The topological polar surface area (TPSA) is 108 Å². The Morgan fingerprint density at radius 3 is 2.87 bits per heavy atom. The Labute approximate surface area is 84.2 Å². The summed E-state index contributed by atoms with van der Waals surface area (Å²) in [5.41, 5.74) is 0.287. The Kier molecular flexibility index (Phi) is 2.20. The number of hydrogen-bond acceptors (Lipinski definition) is 5. The number of aromatic nitrogens is 5. The first kappa shape index (κ1) is 9.38. The quantitative estimate of drug-likeness (QED) is 0.633. The lowest BCUT2D eigenvalue weighted by molar-refractivity contribution is 0.444. The van der Waals surface area contributed by atoms with Crippen LogP contribution >= 0.6 is 0 Å². The normalized spacial score (nSPS) is 10.5. The van der Waals surface area contributed by atoms with E-state index in [1.807, 2.05) is 0 Å². The summed E-state index contributed by atoms with van der Waals surface area (Å²) in [6, 6.07) is 0. The summed E-state index contributed by atoms with van der Waals surface area (Å²) in [5.74, 6) is -0.0669. The highest BCUT2D eigenvalue weighted by Crippen LogP contribution is 2.14. The van der Waals surface area contributed by atoms with Crippen molar-refractivity contribution in [3.05, 3.63) is 22.1 Å². The number of hydrogen-bond donors (Lipinski definition) is 3. The van der Waals surface area contributed by atoms with Crippen LogP contribution in [0.5, 0.6) is 5.88 Å². The van der Waals surface area contributed by atoms with Crippen LogP contribution in [0.25, 0.3) is 11.5 Å². The molecular formula is C8H9N5O2. The van der Waals surface area contributed by atoms with E-state index in [9.17, 15) is 9.90 Å². The van der Waals surface area contributed by atoms with Crippen molar-refractivity contribution in [3.63, 3.8) is 0 Å². The van der Waals surface area contributed by atoms with Crippen LogP contribution in [0.3, 0.4) is 0 Å². The monoisotopic (exact) mass is 207 g/mol. The molecule has 3 N–H and O–H groups in total. The molecule has 0 spiro atoms. The zero-order chi connectivity index (χ0) is 10.8. The molecule has 0 aromatic carbocycles. The highest BCUT2D eigenvalue weighted by atomic mass is 16.3. The minimum absolute atomic E-state index is 0.198. The molecule has 0 saturated heterocycles. The summed E-state index contributed by atoms with van der Waals surface area (Å²) in [7, 11) is 0. The summed E-state index contributed by atoms with van der Waals surface area (Å²) in [4.78, 5) is 17.8. The van der Waals surface area contributed by atoms with Gasteiger partial charge in [0.2, 0.25) is 5.88 Å². The number of aromatic hydroxyl groups is 1. The third-order valence-electron chi connectivity index (χ3n) is 2.00. The fourth-order valence-corrected chi connectivity index (χ4v) is 1.24. The summed E-state index contributed by atoms with van der Waals surface area (Å²) in [6.45, 7) is 1.77. The van der Waals surface area contributed by atoms with Crippen LogP contribution in [0.15, 0.2) is 11.0 Å². The van der Waals surface area contributed by atoms with Gasteiger partial charge in [-0.2, -0.15) is 20.4 Å². The molecule has 0 aliphatic rings. The molecule has 0 bridgehead atoms. The van der Waals surface area contributed by atoms with Gasteiger partial charge in [-0.25, -0.2) is 0 Å². The van der Waals surface area contributed by atoms with Gasteiger partial charge in [-0.1, -0.05) is 6.92 Å². The SMILES string of the molecule is CCc1c(O)nc(-c2cn[nH]n2)[nH]c1=O. The van der Waals surface area contributed by atoms with Gasteiger partial charge in [0.25, 0.3) is 5.56 Å². The first-order valence-corrected chi connectivity index (χ1v) is 4.40. The van der Waals surface area contributed by atoms with Crippen LogP contribution in [0, 0.1) is 0 Å². The van der Waals surface area contributed by atoms with Gasteiger partial charge in [0.05, 0.1) is 11.8 Å². The predicted octanol–water partition coefficient (Wildman–Crippen LogP) is -0.177. The van der Waals surface area contributed by atoms with Gasteiger partial charge < -0.3 is 10.1 Å². The lowest BCUT2D eigenvalue weighted by atomic mass is 10.2. The number of nitrogens with one attached hydrogen (secondary N) is 2. The van der Waals surface area contributed by atoms with Gasteiger partial charge in [-0.05, 0) is 6.42 Å². The lowest BCUT2D eigenvalue weighted by Gasteiger charge is -2.01. The van der Waals surface area contributed by atoms with Crippen LogP contribution in [0.4, 0.5) is 0 Å². The Morgan fingerprint density at radius 1 is 1.53 bits per heavy atom. The van der Waals surface area contributed by atoms with Crippen molar-refractivity contribution >= 4 is 0 Å². The number of aromatic amines is 2. The molecular weight excluding hydrogens is 198 g/mol. The molecule has 0 aliphatic heterocycles. The second-order valence-electron chi connectivity index (χ2n) is 2.93. The highest BCUT2D eigenvalue weighted by molar-refractivity contribution is 5.47. The van der Waals surface area contributed by atoms with E-state index in [2.05, 4.69) is 25.4 Å². The molecule has 0 saturated carbocycles. The molecule has 0 aliphatic carbocycles. The van der Waals surface area contributed by atoms with E-state index >= 15 is 0 Å². The third kappa shape index (κ3) is 1.58.